The second-order valence-electron chi connectivity index (χ2n) is 2.08. The predicted molar refractivity (Wildman–Crippen MR) is 53.4 cm³/mol. The molecule has 66 valence electrons. The molecule has 0 spiro atoms. The van der Waals surface area contributed by atoms with E-state index in [9.17, 15) is 8.42 Å². The lowest BCUT2D eigenvalue weighted by Gasteiger charge is -2.00. The Balaban J connectivity index is 3.21. The maximum atomic E-state index is 11.1. The Morgan fingerprint density at radius 2 is 2.08 bits per heavy atom. The van der Waals surface area contributed by atoms with Crippen molar-refractivity contribution in [3.63, 3.8) is 0 Å². The van der Waals surface area contributed by atoms with E-state index in [-0.39, 0.29) is 4.90 Å². The van der Waals surface area contributed by atoms with Gasteiger partial charge in [-0.05, 0) is 40.8 Å². The van der Waals surface area contributed by atoms with Crippen LogP contribution in [-0.2, 0) is 14.3 Å². The minimum atomic E-state index is -3.53. The molecule has 0 aromatic heterocycles. The van der Waals surface area contributed by atoms with E-state index in [4.69, 9.17) is 0 Å². The maximum absolute atomic E-state index is 11.1. The highest BCUT2D eigenvalue weighted by Crippen LogP contribution is 2.14. The van der Waals surface area contributed by atoms with E-state index < -0.39 is 10.1 Å². The summed E-state index contributed by atoms with van der Waals surface area (Å²) in [5, 5.41) is 0. The molecule has 1 aromatic carbocycles. The lowest BCUT2D eigenvalue weighted by molar-refractivity contribution is 0.397. The van der Waals surface area contributed by atoms with E-state index in [0.717, 1.165) is 10.7 Å². The molecule has 0 saturated heterocycles. The molecule has 0 N–H and O–H groups in total. The molecule has 0 unspecified atom stereocenters. The number of hydrogen-bond donors (Lipinski definition) is 0. The summed E-state index contributed by atoms with van der Waals surface area (Å²) >= 11 is 2.04. The molecular formula is C7H7IO3S. The van der Waals surface area contributed by atoms with Crippen molar-refractivity contribution in [2.45, 2.75) is 4.90 Å². The van der Waals surface area contributed by atoms with Gasteiger partial charge < -0.3 is 0 Å². The third-order valence-electron chi connectivity index (χ3n) is 1.30. The van der Waals surface area contributed by atoms with Crippen molar-refractivity contribution in [1.29, 1.82) is 0 Å². The van der Waals surface area contributed by atoms with Crippen LogP contribution >= 0.6 is 22.6 Å². The largest absolute Gasteiger partial charge is 0.296 e. The summed E-state index contributed by atoms with van der Waals surface area (Å²) in [5.41, 5.74) is 0. The van der Waals surface area contributed by atoms with Gasteiger partial charge in [-0.1, -0.05) is 6.07 Å². The monoisotopic (exact) mass is 298 g/mol. The smallest absolute Gasteiger partial charge is 0.270 e. The molecule has 0 fully saturated rings. The van der Waals surface area contributed by atoms with Crippen molar-refractivity contribution < 1.29 is 12.6 Å². The standard InChI is InChI=1S/C7H7IO3S/c1-11-12(9,10)7-4-2-3-6(8)5-7/h2-5H,1H3. The second kappa shape index (κ2) is 3.71. The zero-order valence-corrected chi connectivity index (χ0v) is 9.29. The molecule has 0 atom stereocenters. The third kappa shape index (κ3) is 2.18. The van der Waals surface area contributed by atoms with Crippen LogP contribution in [0.3, 0.4) is 0 Å². The summed E-state index contributed by atoms with van der Waals surface area (Å²) in [6.45, 7) is 0. The van der Waals surface area contributed by atoms with Crippen molar-refractivity contribution in [2.75, 3.05) is 7.11 Å². The van der Waals surface area contributed by atoms with Crippen LogP contribution in [0.4, 0.5) is 0 Å². The van der Waals surface area contributed by atoms with Crippen LogP contribution in [0.2, 0.25) is 0 Å². The van der Waals surface area contributed by atoms with Gasteiger partial charge in [-0.25, -0.2) is 0 Å². The Bertz CT molecular complexity index is 372. The van der Waals surface area contributed by atoms with Gasteiger partial charge in [0.15, 0.2) is 0 Å². The molecule has 0 saturated carbocycles. The van der Waals surface area contributed by atoms with Crippen molar-refractivity contribution in [3.05, 3.63) is 27.8 Å². The van der Waals surface area contributed by atoms with Crippen LogP contribution in [0.15, 0.2) is 29.2 Å². The summed E-state index contributed by atoms with van der Waals surface area (Å²) in [7, 11) is -2.38. The van der Waals surface area contributed by atoms with E-state index in [1.54, 1.807) is 12.1 Å². The number of benzene rings is 1. The molecule has 1 aromatic rings. The Morgan fingerprint density at radius 3 is 2.58 bits per heavy atom. The number of hydrogen-bond acceptors (Lipinski definition) is 3. The molecule has 0 aliphatic carbocycles. The van der Waals surface area contributed by atoms with Gasteiger partial charge in [0, 0.05) is 3.57 Å². The first-order valence-electron chi connectivity index (χ1n) is 3.12. The Kier molecular flexibility index (Phi) is 3.08. The molecule has 12 heavy (non-hydrogen) atoms. The zero-order valence-electron chi connectivity index (χ0n) is 6.32. The summed E-state index contributed by atoms with van der Waals surface area (Å²) in [4.78, 5) is 0.192. The van der Waals surface area contributed by atoms with E-state index in [1.165, 1.54) is 6.07 Å². The number of rotatable bonds is 2. The Morgan fingerprint density at radius 1 is 1.42 bits per heavy atom. The molecule has 0 radical (unpaired) electrons. The van der Waals surface area contributed by atoms with Gasteiger partial charge in [-0.2, -0.15) is 8.42 Å². The van der Waals surface area contributed by atoms with E-state index in [1.807, 2.05) is 28.7 Å². The fraction of sp³-hybridized carbons (Fsp3) is 0.143. The van der Waals surface area contributed by atoms with Crippen LogP contribution in [0.1, 0.15) is 0 Å². The third-order valence-corrected chi connectivity index (χ3v) is 3.25. The van der Waals surface area contributed by atoms with Crippen molar-refractivity contribution >= 4 is 32.7 Å². The quantitative estimate of drug-likeness (QED) is 0.615. The molecule has 0 bridgehead atoms. The lowest BCUT2D eigenvalue weighted by atomic mass is 10.4. The Hall–Kier alpha value is -0.140. The summed E-state index contributed by atoms with van der Waals surface area (Å²) in [6, 6.07) is 6.54. The van der Waals surface area contributed by atoms with E-state index >= 15 is 0 Å². The van der Waals surface area contributed by atoms with Crippen LogP contribution in [-0.4, -0.2) is 15.5 Å². The zero-order chi connectivity index (χ0) is 9.19. The molecule has 0 aliphatic heterocycles. The van der Waals surface area contributed by atoms with Crippen molar-refractivity contribution in [3.8, 4) is 0 Å². The van der Waals surface area contributed by atoms with E-state index in [2.05, 4.69) is 4.18 Å². The number of halogens is 1. The minimum Gasteiger partial charge on any atom is -0.270 e. The average Bonchev–Trinajstić information content (AvgIpc) is 2.05. The molecule has 0 heterocycles. The first-order valence-corrected chi connectivity index (χ1v) is 5.61. The highest BCUT2D eigenvalue weighted by molar-refractivity contribution is 14.1. The molecule has 5 heteroatoms. The summed E-state index contributed by atoms with van der Waals surface area (Å²) in [5.74, 6) is 0. The van der Waals surface area contributed by atoms with Crippen LogP contribution < -0.4 is 0 Å². The molecular weight excluding hydrogens is 291 g/mol. The van der Waals surface area contributed by atoms with Gasteiger partial charge in [0.05, 0.1) is 12.0 Å². The first-order chi connectivity index (χ1) is 5.56. The second-order valence-corrected chi connectivity index (χ2v) is 5.04. The van der Waals surface area contributed by atoms with Gasteiger partial charge in [0.2, 0.25) is 0 Å². The predicted octanol–water partition coefficient (Wildman–Crippen LogP) is 1.63. The SMILES string of the molecule is COS(=O)(=O)c1cccc(I)c1. The van der Waals surface area contributed by atoms with Crippen LogP contribution in [0.5, 0.6) is 0 Å². The highest BCUT2D eigenvalue weighted by Gasteiger charge is 2.11. The maximum Gasteiger partial charge on any atom is 0.296 e. The minimum absolute atomic E-state index is 0.192. The Labute approximate surface area is 85.0 Å². The topological polar surface area (TPSA) is 43.4 Å². The summed E-state index contributed by atoms with van der Waals surface area (Å²) < 4.78 is 27.5. The van der Waals surface area contributed by atoms with Gasteiger partial charge in [0.25, 0.3) is 10.1 Å². The van der Waals surface area contributed by atoms with Crippen molar-refractivity contribution in [1.82, 2.24) is 0 Å². The first kappa shape index (κ1) is 9.94. The van der Waals surface area contributed by atoms with Crippen LogP contribution in [0.25, 0.3) is 0 Å². The molecule has 1 rings (SSSR count). The van der Waals surface area contributed by atoms with Crippen LogP contribution in [0, 0.1) is 3.57 Å². The molecule has 3 nitrogen and oxygen atoms in total. The normalized spacial score (nSPS) is 11.5. The summed E-state index contributed by atoms with van der Waals surface area (Å²) in [6.07, 6.45) is 0. The van der Waals surface area contributed by atoms with Gasteiger partial charge >= 0.3 is 0 Å². The molecule has 0 aliphatic rings. The van der Waals surface area contributed by atoms with Gasteiger partial charge in [-0.3, -0.25) is 4.18 Å². The fourth-order valence-corrected chi connectivity index (χ4v) is 2.18. The molecule has 0 amide bonds. The van der Waals surface area contributed by atoms with Gasteiger partial charge in [-0.15, -0.1) is 0 Å². The van der Waals surface area contributed by atoms with E-state index in [0.29, 0.717) is 0 Å². The lowest BCUT2D eigenvalue weighted by Crippen LogP contribution is -2.02. The fourth-order valence-electron chi connectivity index (χ4n) is 0.719. The average molecular weight is 298 g/mol. The van der Waals surface area contributed by atoms with Gasteiger partial charge in [0.1, 0.15) is 0 Å². The highest BCUT2D eigenvalue weighted by atomic mass is 127. The van der Waals surface area contributed by atoms with Crippen molar-refractivity contribution in [2.24, 2.45) is 0 Å².